The summed E-state index contributed by atoms with van der Waals surface area (Å²) in [5.74, 6) is -1.60. The van der Waals surface area contributed by atoms with Crippen molar-refractivity contribution in [3.05, 3.63) is 0 Å². The van der Waals surface area contributed by atoms with Crippen LogP contribution >= 0.6 is 0 Å². The fourth-order valence-electron chi connectivity index (χ4n) is 1.54. The molecule has 1 aliphatic rings. The van der Waals surface area contributed by atoms with E-state index in [2.05, 4.69) is 5.32 Å². The standard InChI is InChI=1S/C10H18N2O3/c1-7(9(14)15)6-12-8(13)5-10(11)3-2-4-10/h7H,2-6,11H2,1H3,(H,12,13)(H,14,15). The van der Waals surface area contributed by atoms with Gasteiger partial charge >= 0.3 is 5.97 Å². The van der Waals surface area contributed by atoms with E-state index < -0.39 is 11.9 Å². The number of carboxylic acid groups (broad SMARTS) is 1. The van der Waals surface area contributed by atoms with Crippen molar-refractivity contribution in [3.8, 4) is 0 Å². The molecule has 0 aromatic rings. The molecule has 1 fully saturated rings. The molecule has 1 atom stereocenters. The first-order chi connectivity index (χ1) is 6.93. The lowest BCUT2D eigenvalue weighted by molar-refractivity contribution is -0.141. The second kappa shape index (κ2) is 4.61. The molecular weight excluding hydrogens is 196 g/mol. The maximum Gasteiger partial charge on any atom is 0.308 e. The van der Waals surface area contributed by atoms with Crippen LogP contribution in [0.2, 0.25) is 0 Å². The van der Waals surface area contributed by atoms with Gasteiger partial charge in [-0.1, -0.05) is 6.92 Å². The highest BCUT2D eigenvalue weighted by atomic mass is 16.4. The number of carbonyl (C=O) groups excluding carboxylic acids is 1. The molecule has 4 N–H and O–H groups in total. The van der Waals surface area contributed by atoms with E-state index in [4.69, 9.17) is 10.8 Å². The number of aliphatic carboxylic acids is 1. The first-order valence-electron chi connectivity index (χ1n) is 5.21. The van der Waals surface area contributed by atoms with E-state index >= 15 is 0 Å². The van der Waals surface area contributed by atoms with Gasteiger partial charge in [-0.05, 0) is 19.3 Å². The monoisotopic (exact) mass is 214 g/mol. The van der Waals surface area contributed by atoms with Gasteiger partial charge in [-0.15, -0.1) is 0 Å². The van der Waals surface area contributed by atoms with Crippen LogP contribution in [0.5, 0.6) is 0 Å². The van der Waals surface area contributed by atoms with Crippen LogP contribution in [0.15, 0.2) is 0 Å². The van der Waals surface area contributed by atoms with E-state index in [0.29, 0.717) is 6.42 Å². The fourth-order valence-corrected chi connectivity index (χ4v) is 1.54. The average molecular weight is 214 g/mol. The molecule has 15 heavy (non-hydrogen) atoms. The summed E-state index contributed by atoms with van der Waals surface area (Å²) in [5, 5.41) is 11.2. The highest BCUT2D eigenvalue weighted by molar-refractivity contribution is 5.78. The van der Waals surface area contributed by atoms with Crippen LogP contribution in [0.25, 0.3) is 0 Å². The second-order valence-electron chi connectivity index (χ2n) is 4.44. The Labute approximate surface area is 89.0 Å². The number of nitrogens with two attached hydrogens (primary N) is 1. The predicted octanol–water partition coefficient (Wildman–Crippen LogP) is 0.0948. The van der Waals surface area contributed by atoms with Crippen molar-refractivity contribution in [2.45, 2.75) is 38.1 Å². The predicted molar refractivity (Wildman–Crippen MR) is 55.2 cm³/mol. The average Bonchev–Trinajstić information content (AvgIpc) is 2.11. The zero-order chi connectivity index (χ0) is 11.5. The van der Waals surface area contributed by atoms with Crippen molar-refractivity contribution in [1.82, 2.24) is 5.32 Å². The van der Waals surface area contributed by atoms with Gasteiger partial charge in [-0.2, -0.15) is 0 Å². The molecule has 1 saturated carbocycles. The number of carboxylic acids is 1. The van der Waals surface area contributed by atoms with Crippen LogP contribution in [0.3, 0.4) is 0 Å². The van der Waals surface area contributed by atoms with E-state index in [0.717, 1.165) is 19.3 Å². The molecule has 1 unspecified atom stereocenters. The Morgan fingerprint density at radius 1 is 1.53 bits per heavy atom. The van der Waals surface area contributed by atoms with Crippen molar-refractivity contribution in [1.29, 1.82) is 0 Å². The molecule has 0 aromatic heterocycles. The summed E-state index contributed by atoms with van der Waals surface area (Å²) >= 11 is 0. The van der Waals surface area contributed by atoms with Crippen LogP contribution in [0, 0.1) is 5.92 Å². The van der Waals surface area contributed by atoms with E-state index in [1.165, 1.54) is 0 Å². The summed E-state index contributed by atoms with van der Waals surface area (Å²) in [6.07, 6.45) is 3.15. The largest absolute Gasteiger partial charge is 0.481 e. The minimum absolute atomic E-state index is 0.148. The third-order valence-corrected chi connectivity index (χ3v) is 2.89. The zero-order valence-electron chi connectivity index (χ0n) is 8.95. The molecule has 1 aliphatic carbocycles. The van der Waals surface area contributed by atoms with E-state index in [1.807, 2.05) is 0 Å². The summed E-state index contributed by atoms with van der Waals surface area (Å²) in [6, 6.07) is 0. The molecule has 0 radical (unpaired) electrons. The van der Waals surface area contributed by atoms with Gasteiger partial charge in [0.15, 0.2) is 0 Å². The van der Waals surface area contributed by atoms with Gasteiger partial charge in [0.1, 0.15) is 0 Å². The first kappa shape index (κ1) is 12.0. The molecule has 0 saturated heterocycles. The van der Waals surface area contributed by atoms with Gasteiger partial charge in [-0.3, -0.25) is 9.59 Å². The second-order valence-corrected chi connectivity index (χ2v) is 4.44. The van der Waals surface area contributed by atoms with Crippen LogP contribution in [-0.2, 0) is 9.59 Å². The quantitative estimate of drug-likeness (QED) is 0.605. The Morgan fingerprint density at radius 3 is 2.53 bits per heavy atom. The minimum atomic E-state index is -0.901. The first-order valence-corrected chi connectivity index (χ1v) is 5.21. The van der Waals surface area contributed by atoms with Gasteiger partial charge in [0.2, 0.25) is 5.91 Å². The third-order valence-electron chi connectivity index (χ3n) is 2.89. The van der Waals surface area contributed by atoms with Crippen molar-refractivity contribution >= 4 is 11.9 Å². The molecule has 0 spiro atoms. The number of hydrogen-bond acceptors (Lipinski definition) is 3. The third kappa shape index (κ3) is 3.51. The van der Waals surface area contributed by atoms with Crippen molar-refractivity contribution in [2.75, 3.05) is 6.54 Å². The lowest BCUT2D eigenvalue weighted by Gasteiger charge is -2.37. The zero-order valence-corrected chi connectivity index (χ0v) is 8.95. The summed E-state index contributed by atoms with van der Waals surface area (Å²) in [5.41, 5.74) is 5.56. The smallest absolute Gasteiger partial charge is 0.308 e. The Morgan fingerprint density at radius 2 is 2.13 bits per heavy atom. The topological polar surface area (TPSA) is 92.4 Å². The lowest BCUT2D eigenvalue weighted by atomic mass is 9.75. The van der Waals surface area contributed by atoms with Crippen molar-refractivity contribution in [2.24, 2.45) is 11.7 Å². The van der Waals surface area contributed by atoms with Crippen LogP contribution in [0.4, 0.5) is 0 Å². The Balaban J connectivity index is 2.21. The van der Waals surface area contributed by atoms with Crippen molar-refractivity contribution < 1.29 is 14.7 Å². The van der Waals surface area contributed by atoms with Gasteiger partial charge < -0.3 is 16.2 Å². The summed E-state index contributed by atoms with van der Waals surface area (Å²) < 4.78 is 0. The molecule has 0 aromatic carbocycles. The number of hydrogen-bond donors (Lipinski definition) is 3. The van der Waals surface area contributed by atoms with Gasteiger partial charge in [-0.25, -0.2) is 0 Å². The van der Waals surface area contributed by atoms with E-state index in [-0.39, 0.29) is 18.0 Å². The maximum absolute atomic E-state index is 11.4. The number of rotatable bonds is 5. The minimum Gasteiger partial charge on any atom is -0.481 e. The highest BCUT2D eigenvalue weighted by Gasteiger charge is 2.34. The summed E-state index contributed by atoms with van der Waals surface area (Å²) in [4.78, 5) is 21.9. The van der Waals surface area contributed by atoms with E-state index in [9.17, 15) is 9.59 Å². The molecule has 1 rings (SSSR count). The molecule has 0 aliphatic heterocycles. The highest BCUT2D eigenvalue weighted by Crippen LogP contribution is 2.31. The SMILES string of the molecule is CC(CNC(=O)CC1(N)CCC1)C(=O)O. The molecular formula is C10H18N2O3. The molecule has 0 bridgehead atoms. The Bertz CT molecular complexity index is 261. The molecule has 0 heterocycles. The summed E-state index contributed by atoms with van der Waals surface area (Å²) in [6.45, 7) is 1.73. The van der Waals surface area contributed by atoms with Gasteiger partial charge in [0, 0.05) is 18.5 Å². The number of nitrogens with one attached hydrogen (secondary N) is 1. The van der Waals surface area contributed by atoms with E-state index in [1.54, 1.807) is 6.92 Å². The molecule has 1 amide bonds. The van der Waals surface area contributed by atoms with Crippen LogP contribution < -0.4 is 11.1 Å². The fraction of sp³-hybridized carbons (Fsp3) is 0.800. The van der Waals surface area contributed by atoms with Gasteiger partial charge in [0.05, 0.1) is 5.92 Å². The van der Waals surface area contributed by atoms with Crippen LogP contribution in [-0.4, -0.2) is 29.1 Å². The lowest BCUT2D eigenvalue weighted by Crippen LogP contribution is -2.50. The van der Waals surface area contributed by atoms with Crippen molar-refractivity contribution in [3.63, 3.8) is 0 Å². The Kier molecular flexibility index (Phi) is 3.68. The number of carbonyl (C=O) groups is 2. The summed E-state index contributed by atoms with van der Waals surface area (Å²) in [7, 11) is 0. The number of amides is 1. The van der Waals surface area contributed by atoms with Gasteiger partial charge in [0.25, 0.3) is 0 Å². The Hall–Kier alpha value is -1.10. The molecule has 86 valence electrons. The maximum atomic E-state index is 11.4. The van der Waals surface area contributed by atoms with Crippen LogP contribution in [0.1, 0.15) is 32.6 Å². The molecule has 5 heteroatoms. The molecule has 5 nitrogen and oxygen atoms in total. The normalized spacial score (nSPS) is 20.1.